The zero-order valence-electron chi connectivity index (χ0n) is 7.67. The summed E-state index contributed by atoms with van der Waals surface area (Å²) in [6.45, 7) is 1.57. The third-order valence-electron chi connectivity index (χ3n) is 2.11. The molecule has 1 rings (SSSR count). The van der Waals surface area contributed by atoms with E-state index < -0.39 is 0 Å². The van der Waals surface area contributed by atoms with Crippen molar-refractivity contribution in [2.24, 2.45) is 10.4 Å². The Morgan fingerprint density at radius 3 is 2.25 bits per heavy atom. The molecule has 3 heteroatoms. The van der Waals surface area contributed by atoms with Crippen molar-refractivity contribution in [1.29, 1.82) is 0 Å². The van der Waals surface area contributed by atoms with Gasteiger partial charge in [-0.05, 0) is 19.3 Å². The fourth-order valence-electron chi connectivity index (χ4n) is 1.36. The maximum absolute atomic E-state index is 4.96. The Labute approximate surface area is 74.2 Å². The van der Waals surface area contributed by atoms with Crippen molar-refractivity contribution in [3.05, 3.63) is 0 Å². The minimum atomic E-state index is 0.740. The van der Waals surface area contributed by atoms with Gasteiger partial charge in [0.2, 0.25) is 0 Å². The van der Waals surface area contributed by atoms with Crippen molar-refractivity contribution in [1.82, 2.24) is 0 Å². The van der Waals surface area contributed by atoms with Crippen LogP contribution in [0.3, 0.4) is 0 Å². The summed E-state index contributed by atoms with van der Waals surface area (Å²) in [6.07, 6.45) is 8.93. The van der Waals surface area contributed by atoms with E-state index in [-0.39, 0.29) is 0 Å². The summed E-state index contributed by atoms with van der Waals surface area (Å²) in [4.78, 5) is 4.96. The van der Waals surface area contributed by atoms with Crippen LogP contribution in [0.2, 0.25) is 0 Å². The minimum absolute atomic E-state index is 0.740. The van der Waals surface area contributed by atoms with Gasteiger partial charge in [-0.1, -0.05) is 25.7 Å². The molecular weight excluding hydrogens is 152 g/mol. The number of hydrogen-bond acceptors (Lipinski definition) is 3. The van der Waals surface area contributed by atoms with Crippen molar-refractivity contribution in [2.75, 3.05) is 13.2 Å². The third kappa shape index (κ3) is 5.10. The van der Waals surface area contributed by atoms with E-state index in [9.17, 15) is 0 Å². The highest BCUT2D eigenvalue weighted by molar-refractivity contribution is 4.47. The van der Waals surface area contributed by atoms with Gasteiger partial charge < -0.3 is 4.84 Å². The Morgan fingerprint density at radius 2 is 1.42 bits per heavy atom. The average Bonchev–Trinajstić information content (AvgIpc) is 2.05. The summed E-state index contributed by atoms with van der Waals surface area (Å²) in [7, 11) is 0. The molecule has 0 aromatic rings. The van der Waals surface area contributed by atoms with E-state index in [0.717, 1.165) is 26.0 Å². The van der Waals surface area contributed by atoms with E-state index in [0.29, 0.717) is 0 Å². The smallest absolute Gasteiger partial charge is 0.119 e. The quantitative estimate of drug-likeness (QED) is 0.550. The van der Waals surface area contributed by atoms with Crippen LogP contribution in [0.4, 0.5) is 0 Å². The number of rotatable bonds is 0. The second kappa shape index (κ2) is 7.07. The topological polar surface area (TPSA) is 34.0 Å². The van der Waals surface area contributed by atoms with Crippen LogP contribution in [0.5, 0.6) is 0 Å². The zero-order valence-corrected chi connectivity index (χ0v) is 7.67. The lowest BCUT2D eigenvalue weighted by atomic mass is 10.1. The van der Waals surface area contributed by atoms with Gasteiger partial charge in [-0.2, -0.15) is 5.11 Å². The van der Waals surface area contributed by atoms with Gasteiger partial charge in [0.1, 0.15) is 6.61 Å². The van der Waals surface area contributed by atoms with Crippen LogP contribution in [0.15, 0.2) is 10.4 Å². The highest BCUT2D eigenvalue weighted by atomic mass is 16.6. The Morgan fingerprint density at radius 1 is 0.750 bits per heavy atom. The van der Waals surface area contributed by atoms with Gasteiger partial charge in [0.15, 0.2) is 0 Å². The second-order valence-corrected chi connectivity index (χ2v) is 3.25. The van der Waals surface area contributed by atoms with E-state index in [2.05, 4.69) is 10.4 Å². The monoisotopic (exact) mass is 170 g/mol. The van der Waals surface area contributed by atoms with Crippen molar-refractivity contribution >= 4 is 0 Å². The van der Waals surface area contributed by atoms with Crippen LogP contribution in [-0.2, 0) is 4.84 Å². The molecule has 0 bridgehead atoms. The molecule has 1 aliphatic rings. The molecular formula is C9H18N2O. The first-order valence-electron chi connectivity index (χ1n) is 4.99. The van der Waals surface area contributed by atoms with Gasteiger partial charge in [0.05, 0.1) is 6.54 Å². The fraction of sp³-hybridized carbons (Fsp3) is 1.00. The molecule has 0 aromatic carbocycles. The molecule has 0 aliphatic carbocycles. The molecule has 0 saturated heterocycles. The standard InChI is InChI=1S/C9H18N2O/c1-2-4-6-8-10-11-12-9-7-5-3-1/h1-9H2. The lowest BCUT2D eigenvalue weighted by Gasteiger charge is -2.02. The van der Waals surface area contributed by atoms with E-state index in [1.54, 1.807) is 0 Å². The van der Waals surface area contributed by atoms with Crippen molar-refractivity contribution < 1.29 is 4.84 Å². The van der Waals surface area contributed by atoms with Crippen LogP contribution in [-0.4, -0.2) is 13.2 Å². The van der Waals surface area contributed by atoms with E-state index >= 15 is 0 Å². The molecule has 0 saturated carbocycles. The first-order chi connectivity index (χ1) is 6.00. The molecule has 1 heterocycles. The lowest BCUT2D eigenvalue weighted by molar-refractivity contribution is 0.117. The zero-order chi connectivity index (χ0) is 8.49. The Balaban J connectivity index is 2.10. The predicted octanol–water partition coefficient (Wildman–Crippen LogP) is 3.11. The fourth-order valence-corrected chi connectivity index (χ4v) is 1.36. The van der Waals surface area contributed by atoms with Crippen LogP contribution >= 0.6 is 0 Å². The van der Waals surface area contributed by atoms with Gasteiger partial charge in [0.25, 0.3) is 0 Å². The molecule has 0 spiro atoms. The third-order valence-corrected chi connectivity index (χ3v) is 2.11. The van der Waals surface area contributed by atoms with Crippen molar-refractivity contribution in [3.63, 3.8) is 0 Å². The normalized spacial score (nSPS) is 22.0. The summed E-state index contributed by atoms with van der Waals surface area (Å²) < 4.78 is 0. The summed E-state index contributed by atoms with van der Waals surface area (Å²) in [5.41, 5.74) is 0. The van der Waals surface area contributed by atoms with E-state index in [4.69, 9.17) is 4.84 Å². The lowest BCUT2D eigenvalue weighted by Crippen LogP contribution is -1.90. The van der Waals surface area contributed by atoms with E-state index in [1.165, 1.54) is 32.1 Å². The molecule has 0 aromatic heterocycles. The Bertz CT molecular complexity index is 112. The predicted molar refractivity (Wildman–Crippen MR) is 48.0 cm³/mol. The molecule has 12 heavy (non-hydrogen) atoms. The van der Waals surface area contributed by atoms with Crippen LogP contribution in [0, 0.1) is 0 Å². The molecule has 70 valence electrons. The molecule has 0 atom stereocenters. The van der Waals surface area contributed by atoms with E-state index in [1.807, 2.05) is 0 Å². The maximum atomic E-state index is 4.96. The minimum Gasteiger partial charge on any atom is -0.380 e. The van der Waals surface area contributed by atoms with Gasteiger partial charge in [-0.3, -0.25) is 0 Å². The molecule has 1 aliphatic heterocycles. The second-order valence-electron chi connectivity index (χ2n) is 3.25. The molecule has 0 fully saturated rings. The van der Waals surface area contributed by atoms with Crippen LogP contribution < -0.4 is 0 Å². The first kappa shape index (κ1) is 9.49. The van der Waals surface area contributed by atoms with Gasteiger partial charge in [-0.25, -0.2) is 0 Å². The molecule has 0 radical (unpaired) electrons. The Kier molecular flexibility index (Phi) is 5.59. The number of nitrogens with zero attached hydrogens (tertiary/aromatic N) is 2. The largest absolute Gasteiger partial charge is 0.380 e. The first-order valence-corrected chi connectivity index (χ1v) is 4.99. The molecule has 0 amide bonds. The summed E-state index contributed by atoms with van der Waals surface area (Å²) in [5, 5.41) is 7.54. The van der Waals surface area contributed by atoms with Crippen molar-refractivity contribution in [2.45, 2.75) is 44.9 Å². The van der Waals surface area contributed by atoms with Gasteiger partial charge >= 0.3 is 0 Å². The summed E-state index contributed by atoms with van der Waals surface area (Å²) in [5.74, 6) is 0. The van der Waals surface area contributed by atoms with Gasteiger partial charge in [0, 0.05) is 5.28 Å². The summed E-state index contributed by atoms with van der Waals surface area (Å²) >= 11 is 0. The summed E-state index contributed by atoms with van der Waals surface area (Å²) in [6, 6.07) is 0. The highest BCUT2D eigenvalue weighted by Crippen LogP contribution is 2.08. The molecule has 3 nitrogen and oxygen atoms in total. The van der Waals surface area contributed by atoms with Crippen LogP contribution in [0.25, 0.3) is 0 Å². The average molecular weight is 170 g/mol. The maximum Gasteiger partial charge on any atom is 0.119 e. The SMILES string of the molecule is C1CCCCN=NOCCCC1. The highest BCUT2D eigenvalue weighted by Gasteiger charge is 1.93. The van der Waals surface area contributed by atoms with Crippen molar-refractivity contribution in [3.8, 4) is 0 Å². The Hall–Kier alpha value is -0.600. The molecule has 0 unspecified atom stereocenters. The van der Waals surface area contributed by atoms with Crippen LogP contribution in [0.1, 0.15) is 44.9 Å². The van der Waals surface area contributed by atoms with Gasteiger partial charge in [-0.15, -0.1) is 0 Å². The number of hydrogen-bond donors (Lipinski definition) is 0. The molecule has 0 N–H and O–H groups in total.